The van der Waals surface area contributed by atoms with Crippen LogP contribution in [0.15, 0.2) is 41.7 Å². The van der Waals surface area contributed by atoms with E-state index in [2.05, 4.69) is 16.4 Å². The Balaban J connectivity index is 2.32. The van der Waals surface area contributed by atoms with Crippen molar-refractivity contribution < 1.29 is 19.4 Å². The molecule has 2 aromatic rings. The first-order chi connectivity index (χ1) is 13.0. The van der Waals surface area contributed by atoms with Gasteiger partial charge in [0, 0.05) is 23.1 Å². The average Bonchev–Trinajstić information content (AvgIpc) is 2.66. The zero-order valence-corrected chi connectivity index (χ0v) is 15.2. The van der Waals surface area contributed by atoms with E-state index in [9.17, 15) is 9.90 Å². The van der Waals surface area contributed by atoms with Crippen molar-refractivity contribution in [3.63, 3.8) is 0 Å². The summed E-state index contributed by atoms with van der Waals surface area (Å²) in [6.45, 7) is 3.95. The zero-order chi connectivity index (χ0) is 19.6. The molecule has 1 aromatic carbocycles. The summed E-state index contributed by atoms with van der Waals surface area (Å²) in [5.41, 5.74) is 3.13. The highest BCUT2D eigenvalue weighted by molar-refractivity contribution is 5.94. The molecule has 0 saturated carbocycles. The molecule has 27 heavy (non-hydrogen) atoms. The lowest BCUT2D eigenvalue weighted by molar-refractivity contribution is -0.132. The number of rotatable bonds is 5. The van der Waals surface area contributed by atoms with Crippen LogP contribution in [0, 0.1) is 11.3 Å². The molecule has 1 aliphatic heterocycles. The van der Waals surface area contributed by atoms with Gasteiger partial charge in [-0.05, 0) is 32.0 Å². The number of carboxylic acid groups (broad SMARTS) is 1. The molecule has 1 aliphatic rings. The lowest BCUT2D eigenvalue weighted by Gasteiger charge is -2.31. The Hall–Kier alpha value is -3.53. The van der Waals surface area contributed by atoms with Gasteiger partial charge in [-0.15, -0.1) is 0 Å². The molecule has 0 aliphatic carbocycles. The molecule has 1 aromatic heterocycles. The first-order valence-corrected chi connectivity index (χ1v) is 8.42. The first kappa shape index (κ1) is 18.3. The van der Waals surface area contributed by atoms with Crippen LogP contribution in [0.3, 0.4) is 0 Å². The van der Waals surface area contributed by atoms with Crippen molar-refractivity contribution in [2.75, 3.05) is 19.0 Å². The quantitative estimate of drug-likeness (QED) is 0.838. The summed E-state index contributed by atoms with van der Waals surface area (Å²) in [4.78, 5) is 16.4. The lowest BCUT2D eigenvalue weighted by atomic mass is 9.80. The number of ether oxygens (including phenoxy) is 2. The molecule has 0 fully saturated rings. The number of nitrogens with zero attached hydrogens (tertiary/aromatic N) is 2. The third kappa shape index (κ3) is 3.17. The molecule has 0 radical (unpaired) electrons. The second-order valence-electron chi connectivity index (χ2n) is 5.98. The summed E-state index contributed by atoms with van der Waals surface area (Å²) >= 11 is 0. The number of pyridine rings is 1. The van der Waals surface area contributed by atoms with Gasteiger partial charge in [-0.25, -0.2) is 9.78 Å². The largest absolute Gasteiger partial charge is 0.496 e. The summed E-state index contributed by atoms with van der Waals surface area (Å²) in [5.74, 6) is -0.903. The van der Waals surface area contributed by atoms with Gasteiger partial charge in [-0.3, -0.25) is 0 Å². The normalized spacial score (nSPS) is 15.4. The molecule has 0 spiro atoms. The van der Waals surface area contributed by atoms with Crippen LogP contribution < -0.4 is 14.8 Å². The predicted molar refractivity (Wildman–Crippen MR) is 98.9 cm³/mol. The average molecular weight is 365 g/mol. The summed E-state index contributed by atoms with van der Waals surface area (Å²) in [7, 11) is 1.49. The number of hydrogen-bond acceptors (Lipinski definition) is 6. The van der Waals surface area contributed by atoms with Gasteiger partial charge in [0.1, 0.15) is 5.75 Å². The minimum absolute atomic E-state index is 0.180. The Bertz CT molecular complexity index is 976. The molecule has 0 bridgehead atoms. The Kier molecular flexibility index (Phi) is 4.99. The van der Waals surface area contributed by atoms with E-state index in [1.165, 1.54) is 7.11 Å². The van der Waals surface area contributed by atoms with Crippen LogP contribution in [0.5, 0.6) is 11.6 Å². The molecule has 2 heterocycles. The van der Waals surface area contributed by atoms with E-state index in [0.29, 0.717) is 40.6 Å². The van der Waals surface area contributed by atoms with Crippen molar-refractivity contribution in [3.8, 4) is 17.7 Å². The van der Waals surface area contributed by atoms with Crippen LogP contribution >= 0.6 is 0 Å². The van der Waals surface area contributed by atoms with Crippen molar-refractivity contribution >= 4 is 11.7 Å². The SMILES string of the molecule is CCOc1nccc2c1[C@H](c1ccc(C#N)cc1OC)C(C(=O)O)=C(C)N2. The Labute approximate surface area is 156 Å². The number of methoxy groups -OCH3 is 1. The van der Waals surface area contributed by atoms with Gasteiger partial charge in [0.25, 0.3) is 0 Å². The van der Waals surface area contributed by atoms with Crippen LogP contribution in [0.25, 0.3) is 0 Å². The summed E-state index contributed by atoms with van der Waals surface area (Å²) in [6.07, 6.45) is 1.61. The molecule has 138 valence electrons. The van der Waals surface area contributed by atoms with E-state index in [1.807, 2.05) is 6.92 Å². The Morgan fingerprint density at radius 3 is 2.81 bits per heavy atom. The molecule has 7 heteroatoms. The van der Waals surface area contributed by atoms with Crippen molar-refractivity contribution in [1.29, 1.82) is 5.26 Å². The van der Waals surface area contributed by atoms with Gasteiger partial charge >= 0.3 is 5.97 Å². The number of hydrogen-bond donors (Lipinski definition) is 2. The van der Waals surface area contributed by atoms with Crippen molar-refractivity contribution in [3.05, 3.63) is 58.4 Å². The maximum absolute atomic E-state index is 12.1. The fraction of sp³-hybridized carbons (Fsp3) is 0.250. The van der Waals surface area contributed by atoms with Crippen molar-refractivity contribution in [1.82, 2.24) is 4.98 Å². The number of fused-ring (bicyclic) bond motifs is 1. The standard InChI is InChI=1S/C20H19N3O4/c1-4-27-19-18-14(7-8-22-19)23-11(2)16(20(24)25)17(18)13-6-5-12(10-21)9-15(13)26-3/h5-9,17,23H,4H2,1-3H3,(H,24,25)/t17-/m1/s1. The number of nitriles is 1. The topological polar surface area (TPSA) is 104 Å². The first-order valence-electron chi connectivity index (χ1n) is 8.42. The molecular formula is C20H19N3O4. The van der Waals surface area contributed by atoms with Crippen LogP contribution in [0.1, 0.15) is 36.5 Å². The van der Waals surface area contributed by atoms with E-state index >= 15 is 0 Å². The van der Waals surface area contributed by atoms with Gasteiger partial charge in [0.05, 0.1) is 42.4 Å². The maximum Gasteiger partial charge on any atom is 0.334 e. The van der Waals surface area contributed by atoms with Crippen LogP contribution in [-0.2, 0) is 4.79 Å². The lowest BCUT2D eigenvalue weighted by Crippen LogP contribution is -2.24. The smallest absolute Gasteiger partial charge is 0.334 e. The third-order valence-electron chi connectivity index (χ3n) is 4.44. The van der Waals surface area contributed by atoms with Gasteiger partial charge in [0.15, 0.2) is 0 Å². The van der Waals surface area contributed by atoms with Crippen LogP contribution in [-0.4, -0.2) is 29.8 Å². The van der Waals surface area contributed by atoms with Crippen molar-refractivity contribution in [2.24, 2.45) is 0 Å². The number of carbonyl (C=O) groups is 1. The fourth-order valence-electron chi connectivity index (χ4n) is 3.34. The number of nitrogens with one attached hydrogen (secondary N) is 1. The van der Waals surface area contributed by atoms with Gasteiger partial charge in [-0.2, -0.15) is 5.26 Å². The highest BCUT2D eigenvalue weighted by atomic mass is 16.5. The molecule has 0 saturated heterocycles. The molecule has 3 rings (SSSR count). The van der Waals surface area contributed by atoms with E-state index in [4.69, 9.17) is 14.7 Å². The van der Waals surface area contributed by atoms with E-state index in [-0.39, 0.29) is 5.57 Å². The number of aromatic nitrogens is 1. The van der Waals surface area contributed by atoms with E-state index in [0.717, 1.165) is 5.69 Å². The number of aliphatic carboxylic acids is 1. The number of benzene rings is 1. The molecule has 7 nitrogen and oxygen atoms in total. The van der Waals surface area contributed by atoms with Crippen LogP contribution in [0.2, 0.25) is 0 Å². The number of allylic oxidation sites excluding steroid dienone is 1. The molecule has 0 amide bonds. The summed E-state index contributed by atoms with van der Waals surface area (Å²) in [6, 6.07) is 8.81. The summed E-state index contributed by atoms with van der Waals surface area (Å²) in [5, 5.41) is 22.2. The highest BCUT2D eigenvalue weighted by Crippen LogP contribution is 2.47. The molecular weight excluding hydrogens is 346 g/mol. The number of carboxylic acids is 1. The Morgan fingerprint density at radius 2 is 2.19 bits per heavy atom. The molecule has 0 unspecified atom stereocenters. The second kappa shape index (κ2) is 7.38. The van der Waals surface area contributed by atoms with Crippen LogP contribution in [0.4, 0.5) is 5.69 Å². The van der Waals surface area contributed by atoms with Gasteiger partial charge in [-0.1, -0.05) is 6.07 Å². The number of anilines is 1. The highest BCUT2D eigenvalue weighted by Gasteiger charge is 2.36. The van der Waals surface area contributed by atoms with E-state index in [1.54, 1.807) is 37.4 Å². The van der Waals surface area contributed by atoms with E-state index < -0.39 is 11.9 Å². The van der Waals surface area contributed by atoms with Gasteiger partial charge < -0.3 is 19.9 Å². The zero-order valence-electron chi connectivity index (χ0n) is 15.2. The molecule has 1 atom stereocenters. The fourth-order valence-corrected chi connectivity index (χ4v) is 3.34. The van der Waals surface area contributed by atoms with Crippen molar-refractivity contribution in [2.45, 2.75) is 19.8 Å². The minimum atomic E-state index is -1.05. The Morgan fingerprint density at radius 1 is 1.41 bits per heavy atom. The minimum Gasteiger partial charge on any atom is -0.496 e. The monoisotopic (exact) mass is 365 g/mol. The third-order valence-corrected chi connectivity index (χ3v) is 4.44. The molecule has 2 N–H and O–H groups in total. The predicted octanol–water partition coefficient (Wildman–Crippen LogP) is 3.28. The van der Waals surface area contributed by atoms with Gasteiger partial charge in [0.2, 0.25) is 5.88 Å². The maximum atomic E-state index is 12.1. The summed E-state index contributed by atoms with van der Waals surface area (Å²) < 4.78 is 11.1. The second-order valence-corrected chi connectivity index (χ2v) is 5.98.